The Morgan fingerprint density at radius 1 is 1.24 bits per heavy atom. The van der Waals surface area contributed by atoms with Crippen molar-refractivity contribution < 1.29 is 18.3 Å². The van der Waals surface area contributed by atoms with Gasteiger partial charge in [0.1, 0.15) is 5.75 Å². The van der Waals surface area contributed by atoms with Crippen molar-refractivity contribution in [3.63, 3.8) is 0 Å². The molecule has 0 radical (unpaired) electrons. The van der Waals surface area contributed by atoms with Crippen LogP contribution in [0.5, 0.6) is 5.75 Å². The third-order valence-electron chi connectivity index (χ3n) is 4.02. The van der Waals surface area contributed by atoms with Crippen molar-refractivity contribution in [2.24, 2.45) is 0 Å². The zero-order valence-corrected chi connectivity index (χ0v) is 14.5. The Labute approximate surface area is 148 Å². The van der Waals surface area contributed by atoms with E-state index in [2.05, 4.69) is 20.4 Å². The van der Waals surface area contributed by atoms with Crippen molar-refractivity contribution in [2.75, 3.05) is 5.32 Å². The minimum Gasteiger partial charge on any atom is -0.435 e. The van der Waals surface area contributed by atoms with Gasteiger partial charge in [-0.1, -0.05) is 12.1 Å². The molecule has 0 saturated carbocycles. The first-order chi connectivity index (χ1) is 12.0. The number of aromatic nitrogens is 1. The highest BCUT2D eigenvalue weighted by Crippen LogP contribution is 2.29. The lowest BCUT2D eigenvalue weighted by Gasteiger charge is -2.15. The number of anilines is 1. The molecule has 1 atom stereocenters. The molecule has 1 heterocycles. The van der Waals surface area contributed by atoms with Gasteiger partial charge < -0.3 is 10.1 Å². The van der Waals surface area contributed by atoms with Crippen LogP contribution in [0.25, 0.3) is 0 Å². The van der Waals surface area contributed by atoms with Gasteiger partial charge in [-0.25, -0.2) is 9.78 Å². The fraction of sp³-hybridized carbons (Fsp3) is 0.412. The maximum Gasteiger partial charge on any atom is 0.387 e. The van der Waals surface area contributed by atoms with Crippen LogP contribution in [0.2, 0.25) is 0 Å². The first-order valence-corrected chi connectivity index (χ1v) is 8.94. The fourth-order valence-corrected chi connectivity index (χ4v) is 3.80. The lowest BCUT2D eigenvalue weighted by Crippen LogP contribution is -2.31. The van der Waals surface area contributed by atoms with E-state index >= 15 is 0 Å². The number of thiazole rings is 1. The highest BCUT2D eigenvalue weighted by atomic mass is 32.1. The molecule has 25 heavy (non-hydrogen) atoms. The first-order valence-electron chi connectivity index (χ1n) is 8.12. The molecule has 5 nitrogen and oxygen atoms in total. The summed E-state index contributed by atoms with van der Waals surface area (Å²) in [6.45, 7) is -1.04. The van der Waals surface area contributed by atoms with Gasteiger partial charge in [0.15, 0.2) is 5.13 Å². The van der Waals surface area contributed by atoms with Crippen molar-refractivity contribution in [1.82, 2.24) is 10.3 Å². The van der Waals surface area contributed by atoms with E-state index in [0.717, 1.165) is 30.5 Å². The van der Waals surface area contributed by atoms with E-state index in [0.29, 0.717) is 5.13 Å². The molecule has 0 saturated heterocycles. The third-order valence-corrected chi connectivity index (χ3v) is 5.09. The molecule has 2 N–H and O–H groups in total. The first kappa shape index (κ1) is 17.6. The number of amides is 2. The topological polar surface area (TPSA) is 63.2 Å². The minimum atomic E-state index is -2.85. The Morgan fingerprint density at radius 3 is 2.64 bits per heavy atom. The molecular formula is C17H19F2N3O2S. The quantitative estimate of drug-likeness (QED) is 0.817. The Balaban J connectivity index is 1.55. The van der Waals surface area contributed by atoms with Crippen LogP contribution < -0.4 is 15.4 Å². The van der Waals surface area contributed by atoms with Gasteiger partial charge in [0.2, 0.25) is 0 Å². The number of halogens is 2. The average Bonchev–Trinajstić information content (AvgIpc) is 2.96. The van der Waals surface area contributed by atoms with E-state index in [-0.39, 0.29) is 17.8 Å². The molecule has 134 valence electrons. The summed E-state index contributed by atoms with van der Waals surface area (Å²) in [7, 11) is 0. The molecule has 8 heteroatoms. The average molecular weight is 367 g/mol. The SMILES string of the molecule is CC(NC(=O)Nc1nc2c(s1)CCCC2)c1ccc(OC(F)F)cc1. The Bertz CT molecular complexity index is 710. The van der Waals surface area contributed by atoms with E-state index in [4.69, 9.17) is 0 Å². The van der Waals surface area contributed by atoms with Crippen molar-refractivity contribution in [1.29, 1.82) is 0 Å². The smallest absolute Gasteiger partial charge is 0.387 e. The summed E-state index contributed by atoms with van der Waals surface area (Å²) in [5, 5.41) is 6.19. The highest BCUT2D eigenvalue weighted by molar-refractivity contribution is 7.15. The van der Waals surface area contributed by atoms with Gasteiger partial charge in [-0.15, -0.1) is 11.3 Å². The monoisotopic (exact) mass is 367 g/mol. The molecule has 3 rings (SSSR count). The molecule has 1 aliphatic rings. The summed E-state index contributed by atoms with van der Waals surface area (Å²) >= 11 is 1.52. The zero-order chi connectivity index (χ0) is 17.8. The number of urea groups is 1. The number of hydrogen-bond acceptors (Lipinski definition) is 4. The Kier molecular flexibility index (Phi) is 5.47. The van der Waals surface area contributed by atoms with E-state index < -0.39 is 6.61 Å². The molecule has 0 aliphatic heterocycles. The third kappa shape index (κ3) is 4.66. The molecule has 1 unspecified atom stereocenters. The van der Waals surface area contributed by atoms with Crippen LogP contribution in [-0.4, -0.2) is 17.6 Å². The summed E-state index contributed by atoms with van der Waals surface area (Å²) < 4.78 is 28.6. The number of nitrogens with zero attached hydrogens (tertiary/aromatic N) is 1. The maximum absolute atomic E-state index is 12.2. The molecule has 0 bridgehead atoms. The van der Waals surface area contributed by atoms with Crippen LogP contribution in [0.1, 0.15) is 41.9 Å². The van der Waals surface area contributed by atoms with Gasteiger partial charge in [-0.3, -0.25) is 5.32 Å². The largest absolute Gasteiger partial charge is 0.435 e. The summed E-state index contributed by atoms with van der Waals surface area (Å²) in [4.78, 5) is 17.9. The summed E-state index contributed by atoms with van der Waals surface area (Å²) in [6, 6.07) is 5.57. The number of ether oxygens (including phenoxy) is 1. The molecule has 1 aliphatic carbocycles. The van der Waals surface area contributed by atoms with Crippen LogP contribution in [0, 0.1) is 0 Å². The van der Waals surface area contributed by atoms with Crippen LogP contribution in [0.15, 0.2) is 24.3 Å². The van der Waals surface area contributed by atoms with E-state index in [9.17, 15) is 13.6 Å². The molecule has 0 spiro atoms. The number of nitrogens with one attached hydrogen (secondary N) is 2. The predicted molar refractivity (Wildman–Crippen MR) is 92.4 cm³/mol. The van der Waals surface area contributed by atoms with Crippen LogP contribution >= 0.6 is 11.3 Å². The second-order valence-electron chi connectivity index (χ2n) is 5.86. The second-order valence-corrected chi connectivity index (χ2v) is 6.95. The molecule has 2 amide bonds. The number of fused-ring (bicyclic) bond motifs is 1. The zero-order valence-electron chi connectivity index (χ0n) is 13.7. The molecule has 0 fully saturated rings. The van der Waals surface area contributed by atoms with E-state index in [1.54, 1.807) is 12.1 Å². The Morgan fingerprint density at radius 2 is 1.96 bits per heavy atom. The predicted octanol–water partition coefficient (Wildman–Crippen LogP) is 4.51. The van der Waals surface area contributed by atoms with Crippen molar-refractivity contribution >= 4 is 22.5 Å². The molecule has 1 aromatic heterocycles. The standard InChI is InChI=1S/C17H19F2N3O2S/c1-10(11-6-8-12(9-7-11)24-15(18)19)20-16(23)22-17-21-13-4-2-3-5-14(13)25-17/h6-10,15H,2-5H2,1H3,(H2,20,21,22,23). The number of hydrogen-bond donors (Lipinski definition) is 2. The van der Waals surface area contributed by atoms with Crippen LogP contribution in [-0.2, 0) is 12.8 Å². The van der Waals surface area contributed by atoms with Crippen molar-refractivity contribution in [3.05, 3.63) is 40.4 Å². The number of carbonyl (C=O) groups excluding carboxylic acids is 1. The van der Waals surface area contributed by atoms with Crippen molar-refractivity contribution in [2.45, 2.75) is 45.3 Å². The summed E-state index contributed by atoms with van der Waals surface area (Å²) in [5.41, 5.74) is 1.88. The number of rotatable bonds is 5. The summed E-state index contributed by atoms with van der Waals surface area (Å²) in [6.07, 6.45) is 4.31. The maximum atomic E-state index is 12.2. The van der Waals surface area contributed by atoms with Gasteiger partial charge in [0.05, 0.1) is 11.7 Å². The van der Waals surface area contributed by atoms with Crippen LogP contribution in [0.4, 0.5) is 18.7 Å². The van der Waals surface area contributed by atoms with E-state index in [1.807, 2.05) is 6.92 Å². The normalized spacial score (nSPS) is 14.7. The number of aryl methyl sites for hydroxylation is 2. The van der Waals surface area contributed by atoms with Gasteiger partial charge in [0.25, 0.3) is 0 Å². The number of benzene rings is 1. The number of carbonyl (C=O) groups is 1. The van der Waals surface area contributed by atoms with Gasteiger partial charge in [-0.2, -0.15) is 8.78 Å². The highest BCUT2D eigenvalue weighted by Gasteiger charge is 2.17. The molecular weight excluding hydrogens is 348 g/mol. The lowest BCUT2D eigenvalue weighted by molar-refractivity contribution is -0.0498. The van der Waals surface area contributed by atoms with Gasteiger partial charge in [-0.05, 0) is 50.3 Å². The van der Waals surface area contributed by atoms with Crippen molar-refractivity contribution in [3.8, 4) is 5.75 Å². The van der Waals surface area contributed by atoms with Gasteiger partial charge >= 0.3 is 12.6 Å². The molecule has 2 aromatic rings. The Hall–Kier alpha value is -2.22. The fourth-order valence-electron chi connectivity index (χ4n) is 2.76. The van der Waals surface area contributed by atoms with E-state index in [1.165, 1.54) is 34.8 Å². The lowest BCUT2D eigenvalue weighted by atomic mass is 10.0. The number of alkyl halides is 2. The minimum absolute atomic E-state index is 0.0868. The molecule has 1 aromatic carbocycles. The van der Waals surface area contributed by atoms with Crippen LogP contribution in [0.3, 0.4) is 0 Å². The second kappa shape index (κ2) is 7.77. The van der Waals surface area contributed by atoms with Gasteiger partial charge in [0, 0.05) is 4.88 Å². The summed E-state index contributed by atoms with van der Waals surface area (Å²) in [5.74, 6) is 0.0868.